The van der Waals surface area contributed by atoms with Crippen molar-refractivity contribution in [3.8, 4) is 11.3 Å². The van der Waals surface area contributed by atoms with Crippen molar-refractivity contribution < 1.29 is 18.3 Å². The zero-order valence-electron chi connectivity index (χ0n) is 21.7. The fourth-order valence-corrected chi connectivity index (χ4v) is 5.84. The van der Waals surface area contributed by atoms with E-state index in [0.717, 1.165) is 5.56 Å². The molecule has 1 atom stereocenters. The zero-order valence-corrected chi connectivity index (χ0v) is 23.3. The second-order valence-electron chi connectivity index (χ2n) is 9.19. The summed E-state index contributed by atoms with van der Waals surface area (Å²) in [5, 5.41) is 0.620. The summed E-state index contributed by atoms with van der Waals surface area (Å²) in [5.41, 5.74) is 2.33. The van der Waals surface area contributed by atoms with Gasteiger partial charge in [0, 0.05) is 22.2 Å². The lowest BCUT2D eigenvalue weighted by molar-refractivity contribution is -0.138. The van der Waals surface area contributed by atoms with E-state index in [1.54, 1.807) is 43.3 Å². The van der Waals surface area contributed by atoms with Crippen LogP contribution in [0, 0.1) is 5.82 Å². The molecule has 0 aliphatic carbocycles. The number of benzene rings is 3. The molecule has 6 nitrogen and oxygen atoms in total. The van der Waals surface area contributed by atoms with Gasteiger partial charge in [0.2, 0.25) is 0 Å². The lowest BCUT2D eigenvalue weighted by Crippen LogP contribution is -2.40. The standard InChI is InChI=1S/C32H22ClFN2O4S/c1-2-39-31(38)27-28(20-6-4-3-5-7-20)35-32-36(29(27)21-10-14-23(34)15-11-21)30(37)26(41-32)18-24-16-17-25(40-24)19-8-12-22(33)13-9-19/h3-18,29H,2H2,1H3/b26-18-/t29-/m0/s1. The molecule has 6 rings (SSSR count). The first-order valence-electron chi connectivity index (χ1n) is 12.8. The van der Waals surface area contributed by atoms with Gasteiger partial charge in [0.15, 0.2) is 4.80 Å². The van der Waals surface area contributed by atoms with Crippen LogP contribution in [0.5, 0.6) is 0 Å². The first-order valence-corrected chi connectivity index (χ1v) is 14.0. The van der Waals surface area contributed by atoms with Gasteiger partial charge in [0.1, 0.15) is 17.3 Å². The van der Waals surface area contributed by atoms with Crippen molar-refractivity contribution in [2.45, 2.75) is 13.0 Å². The highest BCUT2D eigenvalue weighted by atomic mass is 35.5. The van der Waals surface area contributed by atoms with E-state index in [1.165, 1.54) is 28.0 Å². The van der Waals surface area contributed by atoms with Crippen molar-refractivity contribution in [3.05, 3.63) is 144 Å². The van der Waals surface area contributed by atoms with E-state index in [0.29, 0.717) is 42.7 Å². The highest BCUT2D eigenvalue weighted by Crippen LogP contribution is 2.35. The number of rotatable bonds is 6. The fraction of sp³-hybridized carbons (Fsp3) is 0.0938. The molecule has 204 valence electrons. The van der Waals surface area contributed by atoms with Crippen LogP contribution in [-0.4, -0.2) is 17.1 Å². The van der Waals surface area contributed by atoms with Crippen LogP contribution in [0.2, 0.25) is 5.02 Å². The number of esters is 1. The van der Waals surface area contributed by atoms with E-state index in [9.17, 15) is 14.0 Å². The molecule has 2 aromatic heterocycles. The minimum absolute atomic E-state index is 0.138. The molecule has 3 aromatic carbocycles. The maximum Gasteiger partial charge on any atom is 0.338 e. The summed E-state index contributed by atoms with van der Waals surface area (Å²) in [7, 11) is 0. The second kappa shape index (κ2) is 11.2. The van der Waals surface area contributed by atoms with E-state index in [4.69, 9.17) is 25.7 Å². The molecule has 0 radical (unpaired) electrons. The Morgan fingerprint density at radius 3 is 2.46 bits per heavy atom. The fourth-order valence-electron chi connectivity index (χ4n) is 4.73. The number of aromatic nitrogens is 1. The van der Waals surface area contributed by atoms with Crippen molar-refractivity contribution in [1.82, 2.24) is 4.57 Å². The average molecular weight is 585 g/mol. The first-order chi connectivity index (χ1) is 19.9. The smallest absolute Gasteiger partial charge is 0.338 e. The molecule has 0 N–H and O–H groups in total. The molecular weight excluding hydrogens is 563 g/mol. The molecule has 3 heterocycles. The van der Waals surface area contributed by atoms with Gasteiger partial charge in [-0.15, -0.1) is 0 Å². The number of hydrogen-bond donors (Lipinski definition) is 0. The van der Waals surface area contributed by atoms with Crippen LogP contribution < -0.4 is 14.9 Å². The summed E-state index contributed by atoms with van der Waals surface area (Å²) in [6, 6.07) is 24.9. The van der Waals surface area contributed by atoms with Crippen molar-refractivity contribution in [1.29, 1.82) is 0 Å². The van der Waals surface area contributed by atoms with Gasteiger partial charge in [-0.25, -0.2) is 14.2 Å². The second-order valence-corrected chi connectivity index (χ2v) is 10.6. The number of nitrogens with zero attached hydrogens (tertiary/aromatic N) is 2. The molecule has 0 saturated heterocycles. The SMILES string of the molecule is CCOC(=O)C1=C(c2ccccc2)N=c2s/c(=C\c3ccc(-c4ccc(Cl)cc4)o3)c(=O)n2[C@H]1c1ccc(F)cc1. The van der Waals surface area contributed by atoms with Crippen molar-refractivity contribution in [3.63, 3.8) is 0 Å². The quantitative estimate of drug-likeness (QED) is 0.230. The van der Waals surface area contributed by atoms with Crippen molar-refractivity contribution in [2.24, 2.45) is 4.99 Å². The Hall–Kier alpha value is -4.53. The molecule has 0 amide bonds. The highest BCUT2D eigenvalue weighted by molar-refractivity contribution is 7.07. The van der Waals surface area contributed by atoms with Crippen LogP contribution >= 0.6 is 22.9 Å². The molecular formula is C32H22ClFN2O4S. The number of ether oxygens (including phenoxy) is 1. The average Bonchev–Trinajstić information content (AvgIpc) is 3.58. The van der Waals surface area contributed by atoms with Crippen LogP contribution in [0.4, 0.5) is 4.39 Å². The molecule has 1 aliphatic rings. The van der Waals surface area contributed by atoms with E-state index >= 15 is 0 Å². The molecule has 5 aromatic rings. The molecule has 0 unspecified atom stereocenters. The van der Waals surface area contributed by atoms with Gasteiger partial charge in [0.05, 0.1) is 28.5 Å². The van der Waals surface area contributed by atoms with Crippen LogP contribution in [0.25, 0.3) is 23.1 Å². The van der Waals surface area contributed by atoms with Gasteiger partial charge in [-0.2, -0.15) is 0 Å². The van der Waals surface area contributed by atoms with Crippen molar-refractivity contribution >= 4 is 40.7 Å². The summed E-state index contributed by atoms with van der Waals surface area (Å²) < 4.78 is 27.2. The number of thiazole rings is 1. The van der Waals surface area contributed by atoms with E-state index in [-0.39, 0.29) is 17.7 Å². The molecule has 1 aliphatic heterocycles. The van der Waals surface area contributed by atoms with Gasteiger partial charge in [-0.3, -0.25) is 9.36 Å². The summed E-state index contributed by atoms with van der Waals surface area (Å²) >= 11 is 7.19. The normalized spacial score (nSPS) is 15.0. The van der Waals surface area contributed by atoms with E-state index in [2.05, 4.69) is 0 Å². The molecule has 9 heteroatoms. The van der Waals surface area contributed by atoms with Crippen LogP contribution in [0.15, 0.2) is 111 Å². The van der Waals surface area contributed by atoms with Crippen LogP contribution in [-0.2, 0) is 9.53 Å². The Bertz CT molecular complexity index is 1960. The topological polar surface area (TPSA) is 73.8 Å². The van der Waals surface area contributed by atoms with Gasteiger partial charge in [-0.05, 0) is 61.0 Å². The number of furan rings is 1. The van der Waals surface area contributed by atoms with E-state index in [1.807, 2.05) is 48.5 Å². The maximum absolute atomic E-state index is 13.9. The molecule has 41 heavy (non-hydrogen) atoms. The Morgan fingerprint density at radius 2 is 1.76 bits per heavy atom. The number of carbonyl (C=O) groups excluding carboxylic acids is 1. The number of fused-ring (bicyclic) bond motifs is 1. The predicted octanol–water partition coefficient (Wildman–Crippen LogP) is 5.99. The number of halogens is 2. The lowest BCUT2D eigenvalue weighted by atomic mass is 9.93. The van der Waals surface area contributed by atoms with Gasteiger partial charge in [0.25, 0.3) is 5.56 Å². The Kier molecular flexibility index (Phi) is 7.26. The molecule has 0 saturated carbocycles. The Morgan fingerprint density at radius 1 is 1.02 bits per heavy atom. The molecule has 0 bridgehead atoms. The zero-order chi connectivity index (χ0) is 28.5. The van der Waals surface area contributed by atoms with Gasteiger partial charge < -0.3 is 9.15 Å². The lowest BCUT2D eigenvalue weighted by Gasteiger charge is -2.25. The first kappa shape index (κ1) is 26.7. The summed E-state index contributed by atoms with van der Waals surface area (Å²) in [4.78, 5) is 32.6. The van der Waals surface area contributed by atoms with Crippen LogP contribution in [0.3, 0.4) is 0 Å². The van der Waals surface area contributed by atoms with Crippen molar-refractivity contribution in [2.75, 3.05) is 6.61 Å². The van der Waals surface area contributed by atoms with Crippen LogP contribution in [0.1, 0.15) is 29.9 Å². The summed E-state index contributed by atoms with van der Waals surface area (Å²) in [5.74, 6) is 0.0741. The third kappa shape index (κ3) is 5.19. The minimum atomic E-state index is -0.885. The summed E-state index contributed by atoms with van der Waals surface area (Å²) in [6.45, 7) is 1.85. The largest absolute Gasteiger partial charge is 0.463 e. The minimum Gasteiger partial charge on any atom is -0.463 e. The third-order valence-corrected chi connectivity index (χ3v) is 7.82. The predicted molar refractivity (Wildman–Crippen MR) is 157 cm³/mol. The molecule has 0 spiro atoms. The molecule has 0 fully saturated rings. The Balaban J connectivity index is 1.55. The third-order valence-electron chi connectivity index (χ3n) is 6.59. The summed E-state index contributed by atoms with van der Waals surface area (Å²) in [6.07, 6.45) is 1.65. The van der Waals surface area contributed by atoms with Gasteiger partial charge >= 0.3 is 5.97 Å². The highest BCUT2D eigenvalue weighted by Gasteiger charge is 2.35. The number of carbonyl (C=O) groups is 1. The maximum atomic E-state index is 13.9. The Labute approximate surface area is 242 Å². The number of hydrogen-bond acceptors (Lipinski definition) is 6. The van der Waals surface area contributed by atoms with Gasteiger partial charge in [-0.1, -0.05) is 65.4 Å². The van der Waals surface area contributed by atoms with E-state index < -0.39 is 17.8 Å². The monoisotopic (exact) mass is 584 g/mol.